The predicted molar refractivity (Wildman–Crippen MR) is 75.4 cm³/mol. The fraction of sp³-hybridized carbons (Fsp3) is 0.429. The van der Waals surface area contributed by atoms with E-state index in [4.69, 9.17) is 23.2 Å². The second-order valence-electron chi connectivity index (χ2n) is 4.82. The van der Waals surface area contributed by atoms with E-state index in [1.54, 1.807) is 18.2 Å². The van der Waals surface area contributed by atoms with E-state index in [2.05, 4.69) is 5.32 Å². The number of hydrogen-bond acceptors (Lipinski definition) is 2. The van der Waals surface area contributed by atoms with Crippen molar-refractivity contribution < 1.29 is 9.59 Å². The highest BCUT2D eigenvalue weighted by Gasteiger charge is 2.36. The van der Waals surface area contributed by atoms with Crippen molar-refractivity contribution in [1.29, 1.82) is 0 Å². The van der Waals surface area contributed by atoms with Gasteiger partial charge in [0.15, 0.2) is 0 Å². The highest BCUT2D eigenvalue weighted by atomic mass is 35.5. The molecule has 3 nitrogen and oxygen atoms in total. The van der Waals surface area contributed by atoms with Crippen molar-refractivity contribution in [1.82, 2.24) is 5.32 Å². The molecule has 2 unspecified atom stereocenters. The molecular formula is C14H15Cl2NO2. The first-order chi connectivity index (χ1) is 9.01. The molecule has 1 aliphatic rings. The zero-order valence-electron chi connectivity index (χ0n) is 10.6. The molecular weight excluding hydrogens is 285 g/mol. The number of benzene rings is 1. The molecule has 1 aromatic carbocycles. The predicted octanol–water partition coefficient (Wildman–Crippen LogP) is 3.54. The lowest BCUT2D eigenvalue weighted by atomic mass is 9.78. The Kier molecular flexibility index (Phi) is 4.48. The summed E-state index contributed by atoms with van der Waals surface area (Å²) in [5.74, 6) is -0.771. The molecule has 2 amide bonds. The Morgan fingerprint density at radius 1 is 1.21 bits per heavy atom. The van der Waals surface area contributed by atoms with Crippen LogP contribution in [0.5, 0.6) is 0 Å². The second kappa shape index (κ2) is 5.93. The number of nitrogens with one attached hydrogen (secondary N) is 1. The molecule has 0 saturated carbocycles. The summed E-state index contributed by atoms with van der Waals surface area (Å²) in [4.78, 5) is 23.5. The van der Waals surface area contributed by atoms with Crippen LogP contribution in [0.1, 0.15) is 37.7 Å². The number of imide groups is 1. The van der Waals surface area contributed by atoms with Crippen molar-refractivity contribution in [2.24, 2.45) is 5.92 Å². The maximum absolute atomic E-state index is 12.0. The molecule has 1 heterocycles. The molecule has 5 heteroatoms. The van der Waals surface area contributed by atoms with Crippen molar-refractivity contribution in [2.75, 3.05) is 0 Å². The number of carbonyl (C=O) groups excluding carboxylic acids is 2. The van der Waals surface area contributed by atoms with Crippen LogP contribution in [0.25, 0.3) is 0 Å². The molecule has 1 aliphatic heterocycles. The fourth-order valence-corrected chi connectivity index (χ4v) is 3.13. The summed E-state index contributed by atoms with van der Waals surface area (Å²) in [6.45, 7) is 2.02. The van der Waals surface area contributed by atoms with Gasteiger partial charge >= 0.3 is 0 Å². The van der Waals surface area contributed by atoms with E-state index in [0.29, 0.717) is 16.5 Å². The van der Waals surface area contributed by atoms with Gasteiger partial charge in [0, 0.05) is 28.3 Å². The summed E-state index contributed by atoms with van der Waals surface area (Å²) in [7, 11) is 0. The van der Waals surface area contributed by atoms with Gasteiger partial charge in [0.05, 0.1) is 0 Å². The molecule has 2 rings (SSSR count). The Labute approximate surface area is 122 Å². The third-order valence-corrected chi connectivity index (χ3v) is 3.84. The lowest BCUT2D eigenvalue weighted by molar-refractivity contribution is -0.137. The van der Waals surface area contributed by atoms with E-state index in [9.17, 15) is 9.59 Å². The van der Waals surface area contributed by atoms with Crippen molar-refractivity contribution in [2.45, 2.75) is 32.1 Å². The van der Waals surface area contributed by atoms with Gasteiger partial charge in [-0.3, -0.25) is 14.9 Å². The van der Waals surface area contributed by atoms with Crippen molar-refractivity contribution in [3.63, 3.8) is 0 Å². The minimum absolute atomic E-state index is 0.141. The fourth-order valence-electron chi connectivity index (χ4n) is 2.59. The van der Waals surface area contributed by atoms with Gasteiger partial charge < -0.3 is 0 Å². The lowest BCUT2D eigenvalue weighted by Crippen LogP contribution is -2.44. The minimum Gasteiger partial charge on any atom is -0.296 e. The van der Waals surface area contributed by atoms with Gasteiger partial charge in [-0.05, 0) is 30.2 Å². The second-order valence-corrected chi connectivity index (χ2v) is 5.69. The SMILES string of the molecule is CCCC1C(=O)NC(=O)CC1c1cc(Cl)cc(Cl)c1. The Morgan fingerprint density at radius 2 is 1.84 bits per heavy atom. The molecule has 1 fully saturated rings. The first kappa shape index (κ1) is 14.4. The van der Waals surface area contributed by atoms with Crippen LogP contribution in [0, 0.1) is 5.92 Å². The number of halogens is 2. The molecule has 0 radical (unpaired) electrons. The number of amides is 2. The van der Waals surface area contributed by atoms with E-state index < -0.39 is 0 Å². The van der Waals surface area contributed by atoms with Gasteiger partial charge in [0.25, 0.3) is 0 Å². The largest absolute Gasteiger partial charge is 0.296 e. The normalized spacial score (nSPS) is 23.3. The highest BCUT2D eigenvalue weighted by Crippen LogP contribution is 2.36. The summed E-state index contributed by atoms with van der Waals surface area (Å²) in [5.41, 5.74) is 0.860. The quantitative estimate of drug-likeness (QED) is 0.868. The van der Waals surface area contributed by atoms with Crippen molar-refractivity contribution >= 4 is 35.0 Å². The minimum atomic E-state index is -0.238. The van der Waals surface area contributed by atoms with E-state index in [0.717, 1.165) is 18.4 Å². The first-order valence-electron chi connectivity index (χ1n) is 6.31. The molecule has 2 atom stereocenters. The van der Waals surface area contributed by atoms with Crippen LogP contribution in [0.15, 0.2) is 18.2 Å². The van der Waals surface area contributed by atoms with Crippen LogP contribution in [-0.2, 0) is 9.59 Å². The number of piperidine rings is 1. The molecule has 102 valence electrons. The number of carbonyl (C=O) groups is 2. The Balaban J connectivity index is 2.37. The molecule has 1 aromatic rings. The van der Waals surface area contributed by atoms with Crippen LogP contribution in [-0.4, -0.2) is 11.8 Å². The van der Waals surface area contributed by atoms with Crippen LogP contribution in [0.4, 0.5) is 0 Å². The van der Waals surface area contributed by atoms with Crippen LogP contribution < -0.4 is 5.32 Å². The van der Waals surface area contributed by atoms with Crippen molar-refractivity contribution in [3.05, 3.63) is 33.8 Å². The van der Waals surface area contributed by atoms with E-state index in [1.165, 1.54) is 0 Å². The monoisotopic (exact) mass is 299 g/mol. The first-order valence-corrected chi connectivity index (χ1v) is 7.06. The number of rotatable bonds is 3. The van der Waals surface area contributed by atoms with Gasteiger partial charge in [-0.1, -0.05) is 36.5 Å². The molecule has 0 aliphatic carbocycles. The molecule has 0 spiro atoms. The third kappa shape index (κ3) is 3.28. The van der Waals surface area contributed by atoms with Gasteiger partial charge in [-0.15, -0.1) is 0 Å². The number of hydrogen-bond donors (Lipinski definition) is 1. The van der Waals surface area contributed by atoms with Crippen LogP contribution in [0.2, 0.25) is 10.0 Å². The van der Waals surface area contributed by atoms with E-state index in [-0.39, 0.29) is 23.7 Å². The van der Waals surface area contributed by atoms with Gasteiger partial charge in [0.1, 0.15) is 0 Å². The summed E-state index contributed by atoms with van der Waals surface area (Å²) in [5, 5.41) is 3.45. The average Bonchev–Trinajstić information content (AvgIpc) is 2.31. The zero-order chi connectivity index (χ0) is 14.0. The van der Waals surface area contributed by atoms with Crippen LogP contribution in [0.3, 0.4) is 0 Å². The summed E-state index contributed by atoms with van der Waals surface area (Å²) in [6, 6.07) is 5.21. The Hall–Kier alpha value is -1.06. The molecule has 1 N–H and O–H groups in total. The lowest BCUT2D eigenvalue weighted by Gasteiger charge is -2.30. The standard InChI is InChI=1S/C14H15Cl2NO2/c1-2-3-11-12(7-13(18)17-14(11)19)8-4-9(15)6-10(16)5-8/h4-6,11-12H,2-3,7H2,1H3,(H,17,18,19). The summed E-state index contributed by atoms with van der Waals surface area (Å²) in [6.07, 6.45) is 1.93. The summed E-state index contributed by atoms with van der Waals surface area (Å²) >= 11 is 12.0. The van der Waals surface area contributed by atoms with E-state index in [1.807, 2.05) is 6.92 Å². The topological polar surface area (TPSA) is 46.2 Å². The van der Waals surface area contributed by atoms with E-state index >= 15 is 0 Å². The van der Waals surface area contributed by atoms with Crippen LogP contribution >= 0.6 is 23.2 Å². The highest BCUT2D eigenvalue weighted by molar-refractivity contribution is 6.34. The third-order valence-electron chi connectivity index (χ3n) is 3.40. The smallest absolute Gasteiger partial charge is 0.230 e. The van der Waals surface area contributed by atoms with Gasteiger partial charge in [-0.25, -0.2) is 0 Å². The Bertz CT molecular complexity index is 496. The molecule has 1 saturated heterocycles. The summed E-state index contributed by atoms with van der Waals surface area (Å²) < 4.78 is 0. The molecule has 0 bridgehead atoms. The van der Waals surface area contributed by atoms with Gasteiger partial charge in [-0.2, -0.15) is 0 Å². The maximum atomic E-state index is 12.0. The molecule has 0 aromatic heterocycles. The Morgan fingerprint density at radius 3 is 2.42 bits per heavy atom. The molecule has 19 heavy (non-hydrogen) atoms. The average molecular weight is 300 g/mol. The zero-order valence-corrected chi connectivity index (χ0v) is 12.1. The maximum Gasteiger partial charge on any atom is 0.230 e. The van der Waals surface area contributed by atoms with Crippen molar-refractivity contribution in [3.8, 4) is 0 Å². The van der Waals surface area contributed by atoms with Gasteiger partial charge in [0.2, 0.25) is 11.8 Å².